The van der Waals surface area contributed by atoms with Crippen molar-refractivity contribution >= 4 is 0 Å². The Hall–Kier alpha value is -0.600. The third-order valence-electron chi connectivity index (χ3n) is 1.31. The molecule has 0 radical (unpaired) electrons. The fraction of sp³-hybridized carbons (Fsp3) is 0.429. The number of hydrogen-bond acceptors (Lipinski definition) is 2. The SMILES string of the molecule is C=CC1(C=C)OCCO1. The molecule has 0 aromatic heterocycles. The van der Waals surface area contributed by atoms with Crippen molar-refractivity contribution in [3.8, 4) is 0 Å². The van der Waals surface area contributed by atoms with Gasteiger partial charge < -0.3 is 9.47 Å². The summed E-state index contributed by atoms with van der Waals surface area (Å²) in [5, 5.41) is 0. The Morgan fingerprint density at radius 2 is 1.56 bits per heavy atom. The van der Waals surface area contributed by atoms with E-state index in [-0.39, 0.29) is 0 Å². The summed E-state index contributed by atoms with van der Waals surface area (Å²) < 4.78 is 10.4. The molecule has 1 heterocycles. The minimum absolute atomic E-state index is 0.623. The number of rotatable bonds is 2. The molecule has 0 amide bonds. The van der Waals surface area contributed by atoms with E-state index in [1.807, 2.05) is 0 Å². The lowest BCUT2D eigenvalue weighted by Crippen LogP contribution is -2.22. The summed E-state index contributed by atoms with van der Waals surface area (Å²) in [7, 11) is 0. The molecule has 0 bridgehead atoms. The summed E-state index contributed by atoms with van der Waals surface area (Å²) in [4.78, 5) is 0. The van der Waals surface area contributed by atoms with Gasteiger partial charge in [-0.05, 0) is 12.2 Å². The molecule has 1 aliphatic heterocycles. The van der Waals surface area contributed by atoms with Gasteiger partial charge in [-0.2, -0.15) is 0 Å². The van der Waals surface area contributed by atoms with Gasteiger partial charge in [0, 0.05) is 0 Å². The third-order valence-corrected chi connectivity index (χ3v) is 1.31. The lowest BCUT2D eigenvalue weighted by Gasteiger charge is -2.16. The van der Waals surface area contributed by atoms with E-state index in [0.717, 1.165) is 0 Å². The molecule has 1 fully saturated rings. The Balaban J connectivity index is 2.66. The molecular weight excluding hydrogens is 116 g/mol. The van der Waals surface area contributed by atoms with Crippen LogP contribution in [0.25, 0.3) is 0 Å². The van der Waals surface area contributed by atoms with Crippen molar-refractivity contribution in [2.75, 3.05) is 13.2 Å². The highest BCUT2D eigenvalue weighted by Gasteiger charge is 2.28. The molecule has 0 spiro atoms. The van der Waals surface area contributed by atoms with Crippen LogP contribution in [-0.2, 0) is 9.47 Å². The van der Waals surface area contributed by atoms with E-state index >= 15 is 0 Å². The zero-order valence-corrected chi connectivity index (χ0v) is 5.30. The first-order valence-corrected chi connectivity index (χ1v) is 2.88. The summed E-state index contributed by atoms with van der Waals surface area (Å²) in [6, 6.07) is 0. The molecule has 0 aromatic carbocycles. The molecule has 0 unspecified atom stereocenters. The van der Waals surface area contributed by atoms with Gasteiger partial charge in [0.05, 0.1) is 13.2 Å². The highest BCUT2D eigenvalue weighted by Crippen LogP contribution is 2.20. The van der Waals surface area contributed by atoms with Crippen LogP contribution < -0.4 is 0 Å². The van der Waals surface area contributed by atoms with Crippen molar-refractivity contribution in [2.45, 2.75) is 5.79 Å². The normalized spacial score (nSPS) is 23.6. The summed E-state index contributed by atoms with van der Waals surface area (Å²) in [5.74, 6) is -0.694. The smallest absolute Gasteiger partial charge is 0.207 e. The first-order chi connectivity index (χ1) is 4.33. The topological polar surface area (TPSA) is 18.5 Å². The molecule has 2 heteroatoms. The molecule has 0 N–H and O–H groups in total. The van der Waals surface area contributed by atoms with Gasteiger partial charge in [0.25, 0.3) is 0 Å². The highest BCUT2D eigenvalue weighted by atomic mass is 16.7. The molecule has 1 rings (SSSR count). The second-order valence-electron chi connectivity index (χ2n) is 1.83. The third kappa shape index (κ3) is 1.04. The molecular formula is C7H10O2. The lowest BCUT2D eigenvalue weighted by atomic mass is 10.3. The maximum Gasteiger partial charge on any atom is 0.207 e. The van der Waals surface area contributed by atoms with Gasteiger partial charge in [-0.1, -0.05) is 13.2 Å². The van der Waals surface area contributed by atoms with Gasteiger partial charge in [0.15, 0.2) is 0 Å². The fourth-order valence-corrected chi connectivity index (χ4v) is 0.763. The largest absolute Gasteiger partial charge is 0.341 e. The van der Waals surface area contributed by atoms with Crippen LogP contribution in [0.2, 0.25) is 0 Å². The van der Waals surface area contributed by atoms with Gasteiger partial charge in [-0.3, -0.25) is 0 Å². The molecule has 9 heavy (non-hydrogen) atoms. The summed E-state index contributed by atoms with van der Waals surface area (Å²) >= 11 is 0. The molecule has 0 atom stereocenters. The second kappa shape index (κ2) is 2.33. The molecule has 2 nitrogen and oxygen atoms in total. The Morgan fingerprint density at radius 3 is 1.78 bits per heavy atom. The van der Waals surface area contributed by atoms with E-state index in [0.29, 0.717) is 13.2 Å². The second-order valence-corrected chi connectivity index (χ2v) is 1.83. The Bertz CT molecular complexity index is 113. The van der Waals surface area contributed by atoms with E-state index in [4.69, 9.17) is 9.47 Å². The predicted molar refractivity (Wildman–Crippen MR) is 35.0 cm³/mol. The zero-order chi connectivity index (χ0) is 6.74. The molecule has 0 aliphatic carbocycles. The maximum atomic E-state index is 5.18. The first kappa shape index (κ1) is 6.52. The summed E-state index contributed by atoms with van der Waals surface area (Å²) in [5.41, 5.74) is 0. The Kier molecular flexibility index (Phi) is 1.69. The highest BCUT2D eigenvalue weighted by molar-refractivity contribution is 5.04. The quantitative estimate of drug-likeness (QED) is 0.516. The van der Waals surface area contributed by atoms with Gasteiger partial charge in [0.2, 0.25) is 5.79 Å². The summed E-state index contributed by atoms with van der Waals surface area (Å²) in [6.07, 6.45) is 3.21. The zero-order valence-electron chi connectivity index (χ0n) is 5.30. The van der Waals surface area contributed by atoms with Crippen LogP contribution >= 0.6 is 0 Å². The van der Waals surface area contributed by atoms with Crippen LogP contribution in [0.15, 0.2) is 25.3 Å². The molecule has 0 saturated carbocycles. The minimum atomic E-state index is -0.694. The van der Waals surface area contributed by atoms with Gasteiger partial charge in [-0.25, -0.2) is 0 Å². The van der Waals surface area contributed by atoms with Crippen LogP contribution in [0.4, 0.5) is 0 Å². The Labute approximate surface area is 54.8 Å². The average Bonchev–Trinajstić information content (AvgIpc) is 2.36. The average molecular weight is 126 g/mol. The Morgan fingerprint density at radius 1 is 1.11 bits per heavy atom. The van der Waals surface area contributed by atoms with Crippen molar-refractivity contribution in [3.63, 3.8) is 0 Å². The molecule has 50 valence electrons. The predicted octanol–water partition coefficient (Wildman–Crippen LogP) is 1.10. The van der Waals surface area contributed by atoms with Crippen molar-refractivity contribution in [1.82, 2.24) is 0 Å². The standard InChI is InChI=1S/C7H10O2/c1-3-7(4-2)8-5-6-9-7/h3-4H,1-2,5-6H2. The van der Waals surface area contributed by atoms with E-state index in [9.17, 15) is 0 Å². The van der Waals surface area contributed by atoms with E-state index in [1.54, 1.807) is 12.2 Å². The van der Waals surface area contributed by atoms with Crippen LogP contribution in [0.3, 0.4) is 0 Å². The number of ether oxygens (including phenoxy) is 2. The van der Waals surface area contributed by atoms with Crippen LogP contribution in [0.1, 0.15) is 0 Å². The fourth-order valence-electron chi connectivity index (χ4n) is 0.763. The van der Waals surface area contributed by atoms with Gasteiger partial charge in [0.1, 0.15) is 0 Å². The van der Waals surface area contributed by atoms with Gasteiger partial charge in [-0.15, -0.1) is 0 Å². The molecule has 1 aliphatic rings. The summed E-state index contributed by atoms with van der Waals surface area (Å²) in [6.45, 7) is 8.38. The van der Waals surface area contributed by atoms with Crippen LogP contribution in [0.5, 0.6) is 0 Å². The first-order valence-electron chi connectivity index (χ1n) is 2.88. The number of hydrogen-bond donors (Lipinski definition) is 0. The molecule has 1 saturated heterocycles. The van der Waals surface area contributed by atoms with E-state index in [1.165, 1.54) is 0 Å². The van der Waals surface area contributed by atoms with Crippen LogP contribution in [-0.4, -0.2) is 19.0 Å². The van der Waals surface area contributed by atoms with Crippen LogP contribution in [0, 0.1) is 0 Å². The van der Waals surface area contributed by atoms with E-state index < -0.39 is 5.79 Å². The monoisotopic (exact) mass is 126 g/mol. The van der Waals surface area contributed by atoms with Crippen molar-refractivity contribution in [3.05, 3.63) is 25.3 Å². The van der Waals surface area contributed by atoms with E-state index in [2.05, 4.69) is 13.2 Å². The van der Waals surface area contributed by atoms with Crippen molar-refractivity contribution in [2.24, 2.45) is 0 Å². The lowest BCUT2D eigenvalue weighted by molar-refractivity contribution is -0.0737. The minimum Gasteiger partial charge on any atom is -0.341 e. The van der Waals surface area contributed by atoms with Crippen molar-refractivity contribution in [1.29, 1.82) is 0 Å². The molecule has 0 aromatic rings. The van der Waals surface area contributed by atoms with Gasteiger partial charge >= 0.3 is 0 Å². The van der Waals surface area contributed by atoms with Crippen molar-refractivity contribution < 1.29 is 9.47 Å². The maximum absolute atomic E-state index is 5.18.